The molecule has 0 saturated carbocycles. The Morgan fingerprint density at radius 2 is 2.16 bits per heavy atom. The Kier molecular flexibility index (Phi) is 5.95. The molecule has 0 aliphatic carbocycles. The topological polar surface area (TPSA) is 68.3 Å². The monoisotopic (exact) mass is 328 g/mol. The number of carbonyl (C=O) groups excluding carboxylic acids is 2. The number of aromatic nitrogens is 1. The summed E-state index contributed by atoms with van der Waals surface area (Å²) in [5.41, 5.74) is 0.389. The molecule has 0 aromatic carbocycles. The first-order chi connectivity index (χ1) is 8.95. The molecule has 1 amide bonds. The molecule has 0 fully saturated rings. The van der Waals surface area contributed by atoms with Gasteiger partial charge in [0.05, 0.1) is 12.7 Å². The van der Waals surface area contributed by atoms with Crippen LogP contribution in [0.3, 0.4) is 0 Å². The van der Waals surface area contributed by atoms with E-state index in [1.54, 1.807) is 18.3 Å². The van der Waals surface area contributed by atoms with Gasteiger partial charge in [-0.1, -0.05) is 13.8 Å². The van der Waals surface area contributed by atoms with Crippen molar-refractivity contribution >= 4 is 27.8 Å². The SMILES string of the molecule is COC(=O)C(CC(C)C)NC(=O)c1cccnc1Br. The van der Waals surface area contributed by atoms with E-state index in [1.807, 2.05) is 13.8 Å². The Balaban J connectivity index is 2.82. The fourth-order valence-electron chi connectivity index (χ4n) is 1.62. The summed E-state index contributed by atoms with van der Waals surface area (Å²) >= 11 is 3.20. The van der Waals surface area contributed by atoms with E-state index in [-0.39, 0.29) is 11.8 Å². The normalized spacial score (nSPS) is 12.1. The zero-order valence-electron chi connectivity index (χ0n) is 11.1. The van der Waals surface area contributed by atoms with Gasteiger partial charge < -0.3 is 10.1 Å². The van der Waals surface area contributed by atoms with Crippen molar-refractivity contribution in [3.63, 3.8) is 0 Å². The van der Waals surface area contributed by atoms with Crippen molar-refractivity contribution in [2.24, 2.45) is 5.92 Å². The molecule has 5 nitrogen and oxygen atoms in total. The molecule has 0 aliphatic heterocycles. The van der Waals surface area contributed by atoms with E-state index in [0.29, 0.717) is 16.6 Å². The van der Waals surface area contributed by atoms with Crippen molar-refractivity contribution < 1.29 is 14.3 Å². The van der Waals surface area contributed by atoms with Crippen LogP contribution in [-0.2, 0) is 9.53 Å². The van der Waals surface area contributed by atoms with Gasteiger partial charge in [0.1, 0.15) is 10.6 Å². The third kappa shape index (κ3) is 4.63. The molecular formula is C13H17BrN2O3. The summed E-state index contributed by atoms with van der Waals surface area (Å²) in [5.74, 6) is -0.528. The van der Waals surface area contributed by atoms with Crippen molar-refractivity contribution in [1.29, 1.82) is 0 Å². The lowest BCUT2D eigenvalue weighted by Crippen LogP contribution is -2.42. The van der Waals surface area contributed by atoms with Crippen LogP contribution in [0.25, 0.3) is 0 Å². The average Bonchev–Trinajstić information content (AvgIpc) is 2.36. The van der Waals surface area contributed by atoms with Gasteiger partial charge in [0.2, 0.25) is 0 Å². The molecule has 1 atom stereocenters. The Morgan fingerprint density at radius 1 is 1.47 bits per heavy atom. The first kappa shape index (κ1) is 15.6. The lowest BCUT2D eigenvalue weighted by atomic mass is 10.0. The van der Waals surface area contributed by atoms with E-state index in [4.69, 9.17) is 4.74 Å². The Morgan fingerprint density at radius 3 is 2.68 bits per heavy atom. The third-order valence-electron chi connectivity index (χ3n) is 2.50. The summed E-state index contributed by atoms with van der Waals surface area (Å²) in [5, 5.41) is 2.67. The molecule has 1 N–H and O–H groups in total. The summed E-state index contributed by atoms with van der Waals surface area (Å²) in [4.78, 5) is 27.7. The minimum atomic E-state index is -0.649. The van der Waals surface area contributed by atoms with Gasteiger partial charge in [-0.05, 0) is 40.4 Å². The van der Waals surface area contributed by atoms with Crippen LogP contribution in [0.5, 0.6) is 0 Å². The van der Waals surface area contributed by atoms with E-state index in [0.717, 1.165) is 0 Å². The van der Waals surface area contributed by atoms with Crippen LogP contribution in [0.2, 0.25) is 0 Å². The molecule has 0 bridgehead atoms. The second-order valence-corrected chi connectivity index (χ2v) is 5.27. The molecular weight excluding hydrogens is 312 g/mol. The number of nitrogens with zero attached hydrogens (tertiary/aromatic N) is 1. The number of hydrogen-bond donors (Lipinski definition) is 1. The lowest BCUT2D eigenvalue weighted by molar-refractivity contribution is -0.143. The maximum Gasteiger partial charge on any atom is 0.328 e. The van der Waals surface area contributed by atoms with Crippen molar-refractivity contribution in [1.82, 2.24) is 10.3 Å². The van der Waals surface area contributed by atoms with E-state index in [2.05, 4.69) is 26.2 Å². The maximum atomic E-state index is 12.1. The smallest absolute Gasteiger partial charge is 0.328 e. The van der Waals surface area contributed by atoms with Gasteiger partial charge in [-0.2, -0.15) is 0 Å². The highest BCUT2D eigenvalue weighted by atomic mass is 79.9. The number of esters is 1. The first-order valence-electron chi connectivity index (χ1n) is 5.95. The summed E-state index contributed by atoms with van der Waals surface area (Å²) in [6.07, 6.45) is 2.10. The Hall–Kier alpha value is -1.43. The molecule has 1 rings (SSSR count). The number of nitrogens with one attached hydrogen (secondary N) is 1. The van der Waals surface area contributed by atoms with E-state index < -0.39 is 12.0 Å². The summed E-state index contributed by atoms with van der Waals surface area (Å²) in [6, 6.07) is 2.65. The van der Waals surface area contributed by atoms with Gasteiger partial charge >= 0.3 is 5.97 Å². The van der Waals surface area contributed by atoms with Crippen molar-refractivity contribution in [3.05, 3.63) is 28.5 Å². The summed E-state index contributed by atoms with van der Waals surface area (Å²) < 4.78 is 5.14. The number of ether oxygens (including phenoxy) is 1. The number of pyridine rings is 1. The Labute approximate surface area is 120 Å². The number of carbonyl (C=O) groups is 2. The van der Waals surface area contributed by atoms with Crippen molar-refractivity contribution in [2.45, 2.75) is 26.3 Å². The number of methoxy groups -OCH3 is 1. The molecule has 0 radical (unpaired) electrons. The number of halogens is 1. The van der Waals surface area contributed by atoms with Crippen LogP contribution in [0.15, 0.2) is 22.9 Å². The van der Waals surface area contributed by atoms with E-state index >= 15 is 0 Å². The average molecular weight is 329 g/mol. The molecule has 1 unspecified atom stereocenters. The van der Waals surface area contributed by atoms with E-state index in [1.165, 1.54) is 7.11 Å². The Bertz CT molecular complexity index is 463. The second kappa shape index (κ2) is 7.23. The zero-order chi connectivity index (χ0) is 14.4. The van der Waals surface area contributed by atoms with Crippen LogP contribution in [-0.4, -0.2) is 30.0 Å². The summed E-state index contributed by atoms with van der Waals surface area (Å²) in [6.45, 7) is 3.95. The highest BCUT2D eigenvalue weighted by Gasteiger charge is 2.24. The first-order valence-corrected chi connectivity index (χ1v) is 6.74. The zero-order valence-corrected chi connectivity index (χ0v) is 12.7. The van der Waals surface area contributed by atoms with Crippen LogP contribution in [0.1, 0.15) is 30.6 Å². The molecule has 1 aromatic rings. The van der Waals surface area contributed by atoms with Gasteiger partial charge in [0.25, 0.3) is 5.91 Å². The third-order valence-corrected chi connectivity index (χ3v) is 3.13. The van der Waals surface area contributed by atoms with Gasteiger partial charge in [-0.25, -0.2) is 9.78 Å². The lowest BCUT2D eigenvalue weighted by Gasteiger charge is -2.18. The summed E-state index contributed by atoms with van der Waals surface area (Å²) in [7, 11) is 1.31. The minimum absolute atomic E-state index is 0.265. The maximum absolute atomic E-state index is 12.1. The minimum Gasteiger partial charge on any atom is -0.467 e. The molecule has 1 heterocycles. The molecule has 104 valence electrons. The fourth-order valence-corrected chi connectivity index (χ4v) is 2.05. The largest absolute Gasteiger partial charge is 0.467 e. The standard InChI is InChI=1S/C13H17BrN2O3/c1-8(2)7-10(13(18)19-3)16-12(17)9-5-4-6-15-11(9)14/h4-6,8,10H,7H2,1-3H3,(H,16,17). The quantitative estimate of drug-likeness (QED) is 0.664. The van der Waals surface area contributed by atoms with Gasteiger partial charge in [-0.15, -0.1) is 0 Å². The molecule has 0 aliphatic rings. The van der Waals surface area contributed by atoms with Crippen LogP contribution < -0.4 is 5.32 Å². The fraction of sp³-hybridized carbons (Fsp3) is 0.462. The van der Waals surface area contributed by atoms with Crippen LogP contribution in [0, 0.1) is 5.92 Å². The van der Waals surface area contributed by atoms with Crippen molar-refractivity contribution in [3.8, 4) is 0 Å². The van der Waals surface area contributed by atoms with Crippen LogP contribution in [0.4, 0.5) is 0 Å². The number of hydrogen-bond acceptors (Lipinski definition) is 4. The van der Waals surface area contributed by atoms with Crippen LogP contribution >= 0.6 is 15.9 Å². The van der Waals surface area contributed by atoms with Crippen molar-refractivity contribution in [2.75, 3.05) is 7.11 Å². The molecule has 19 heavy (non-hydrogen) atoms. The predicted molar refractivity (Wildman–Crippen MR) is 74.7 cm³/mol. The highest BCUT2D eigenvalue weighted by molar-refractivity contribution is 9.10. The van der Waals surface area contributed by atoms with E-state index in [9.17, 15) is 9.59 Å². The molecule has 6 heteroatoms. The van der Waals surface area contributed by atoms with Gasteiger partial charge in [-0.3, -0.25) is 4.79 Å². The predicted octanol–water partition coefficient (Wildman–Crippen LogP) is 2.16. The molecule has 0 saturated heterocycles. The second-order valence-electron chi connectivity index (χ2n) is 4.52. The van der Waals surface area contributed by atoms with Gasteiger partial charge in [0.15, 0.2) is 0 Å². The number of rotatable bonds is 5. The number of amides is 1. The molecule has 1 aromatic heterocycles. The van der Waals surface area contributed by atoms with Gasteiger partial charge in [0, 0.05) is 6.20 Å². The highest BCUT2D eigenvalue weighted by Crippen LogP contribution is 2.13. The molecule has 0 spiro atoms.